The van der Waals surface area contributed by atoms with Gasteiger partial charge in [-0.15, -0.1) is 0 Å². The van der Waals surface area contributed by atoms with Crippen molar-refractivity contribution in [1.82, 2.24) is 0 Å². The van der Waals surface area contributed by atoms with Gasteiger partial charge in [0, 0.05) is 5.56 Å². The van der Waals surface area contributed by atoms with E-state index in [1.165, 1.54) is 0 Å². The van der Waals surface area contributed by atoms with Gasteiger partial charge in [0.25, 0.3) is 0 Å². The van der Waals surface area contributed by atoms with E-state index in [0.717, 1.165) is 4.47 Å². The van der Waals surface area contributed by atoms with E-state index in [1.807, 2.05) is 0 Å². The zero-order valence-corrected chi connectivity index (χ0v) is 9.72. The minimum Gasteiger partial charge on any atom is -0.496 e. The van der Waals surface area contributed by atoms with Gasteiger partial charge in [-0.3, -0.25) is 4.79 Å². The quantitative estimate of drug-likeness (QED) is 0.612. The predicted octanol–water partition coefficient (Wildman–Crippen LogP) is 3.22. The van der Waals surface area contributed by atoms with Crippen LogP contribution in [-0.4, -0.2) is 12.9 Å². The second-order valence-electron chi connectivity index (χ2n) is 2.96. The number of ether oxygens (including phenoxy) is 1. The van der Waals surface area contributed by atoms with E-state index in [1.54, 1.807) is 32.2 Å². The van der Waals surface area contributed by atoms with Crippen LogP contribution in [0.3, 0.4) is 0 Å². The lowest BCUT2D eigenvalue weighted by atomic mass is 10.1. The second-order valence-corrected chi connectivity index (χ2v) is 3.81. The zero-order valence-electron chi connectivity index (χ0n) is 8.13. The van der Waals surface area contributed by atoms with E-state index >= 15 is 0 Å². The molecule has 0 heterocycles. The van der Waals surface area contributed by atoms with E-state index in [4.69, 9.17) is 4.74 Å². The molecule has 0 N–H and O–H groups in total. The van der Waals surface area contributed by atoms with Crippen LogP contribution in [0.2, 0.25) is 0 Å². The first-order valence-electron chi connectivity index (χ1n) is 4.10. The molecule has 1 aromatic rings. The van der Waals surface area contributed by atoms with Crippen molar-refractivity contribution in [2.75, 3.05) is 7.11 Å². The summed E-state index contributed by atoms with van der Waals surface area (Å²) in [5.41, 5.74) is 1.15. The van der Waals surface area contributed by atoms with Gasteiger partial charge < -0.3 is 4.74 Å². The molecule has 2 nitrogen and oxygen atoms in total. The van der Waals surface area contributed by atoms with E-state index in [9.17, 15) is 4.79 Å². The van der Waals surface area contributed by atoms with Crippen LogP contribution in [-0.2, 0) is 0 Å². The number of benzene rings is 1. The van der Waals surface area contributed by atoms with Crippen molar-refractivity contribution in [3.05, 3.63) is 40.4 Å². The van der Waals surface area contributed by atoms with E-state index in [-0.39, 0.29) is 5.78 Å². The molecule has 74 valence electrons. The number of hydrogen-bond donors (Lipinski definition) is 0. The van der Waals surface area contributed by atoms with Crippen LogP contribution in [0, 0.1) is 0 Å². The number of hydrogen-bond acceptors (Lipinski definition) is 2. The molecule has 0 saturated heterocycles. The molecule has 0 radical (unpaired) electrons. The van der Waals surface area contributed by atoms with Crippen LogP contribution in [0.1, 0.15) is 17.3 Å². The monoisotopic (exact) mass is 254 g/mol. The fourth-order valence-electron chi connectivity index (χ4n) is 1.05. The lowest BCUT2D eigenvalue weighted by Gasteiger charge is -2.05. The van der Waals surface area contributed by atoms with Crippen molar-refractivity contribution < 1.29 is 9.53 Å². The summed E-state index contributed by atoms with van der Waals surface area (Å²) in [6, 6.07) is 5.21. The Morgan fingerprint density at radius 3 is 2.57 bits per heavy atom. The van der Waals surface area contributed by atoms with Gasteiger partial charge >= 0.3 is 0 Å². The minimum absolute atomic E-state index is 0.0478. The highest BCUT2D eigenvalue weighted by Gasteiger charge is 2.08. The molecular formula is C11H11BrO2. The van der Waals surface area contributed by atoms with Crippen LogP contribution in [0.5, 0.6) is 5.75 Å². The van der Waals surface area contributed by atoms with Gasteiger partial charge in [-0.05, 0) is 46.6 Å². The number of ketones is 1. The summed E-state index contributed by atoms with van der Waals surface area (Å²) in [7, 11) is 1.58. The lowest BCUT2D eigenvalue weighted by molar-refractivity contribution is 0.103. The summed E-state index contributed by atoms with van der Waals surface area (Å²) in [4.78, 5) is 11.5. The molecule has 0 amide bonds. The predicted molar refractivity (Wildman–Crippen MR) is 59.8 cm³/mol. The van der Waals surface area contributed by atoms with Gasteiger partial charge in [0.05, 0.1) is 11.6 Å². The van der Waals surface area contributed by atoms with Crippen LogP contribution < -0.4 is 4.74 Å². The highest BCUT2D eigenvalue weighted by atomic mass is 79.9. The SMILES string of the molecule is C=C(C)C(=O)c1ccc(OC)c(Br)c1. The maximum Gasteiger partial charge on any atom is 0.188 e. The Bertz CT molecular complexity index is 383. The molecule has 0 aromatic heterocycles. The molecule has 1 rings (SSSR count). The first-order valence-corrected chi connectivity index (χ1v) is 4.89. The van der Waals surface area contributed by atoms with Crippen LogP contribution in [0.4, 0.5) is 0 Å². The summed E-state index contributed by atoms with van der Waals surface area (Å²) >= 11 is 3.32. The molecule has 0 unspecified atom stereocenters. The van der Waals surface area contributed by atoms with E-state index in [2.05, 4.69) is 22.5 Å². The van der Waals surface area contributed by atoms with Gasteiger partial charge in [-0.1, -0.05) is 6.58 Å². The highest BCUT2D eigenvalue weighted by Crippen LogP contribution is 2.26. The summed E-state index contributed by atoms with van der Waals surface area (Å²) in [6.07, 6.45) is 0. The number of carbonyl (C=O) groups excluding carboxylic acids is 1. The van der Waals surface area contributed by atoms with Crippen molar-refractivity contribution in [2.45, 2.75) is 6.92 Å². The fourth-order valence-corrected chi connectivity index (χ4v) is 1.59. The Kier molecular flexibility index (Phi) is 3.47. The molecule has 0 spiro atoms. The summed E-state index contributed by atoms with van der Waals surface area (Å²) in [6.45, 7) is 5.30. The standard InChI is InChI=1S/C11H11BrO2/c1-7(2)11(13)8-4-5-10(14-3)9(12)6-8/h4-6H,1H2,2-3H3. The molecular weight excluding hydrogens is 244 g/mol. The lowest BCUT2D eigenvalue weighted by Crippen LogP contribution is -1.99. The van der Waals surface area contributed by atoms with Crippen molar-refractivity contribution in [3.63, 3.8) is 0 Å². The Labute approximate surface area is 91.7 Å². The Morgan fingerprint density at radius 2 is 2.14 bits per heavy atom. The molecule has 0 aliphatic rings. The van der Waals surface area contributed by atoms with Gasteiger partial charge in [0.15, 0.2) is 5.78 Å². The summed E-state index contributed by atoms with van der Waals surface area (Å²) < 4.78 is 5.83. The first kappa shape index (κ1) is 11.0. The molecule has 0 saturated carbocycles. The molecule has 0 bridgehead atoms. The molecule has 0 aliphatic heterocycles. The van der Waals surface area contributed by atoms with Crippen LogP contribution in [0.25, 0.3) is 0 Å². The number of methoxy groups -OCH3 is 1. The Hall–Kier alpha value is -1.09. The average molecular weight is 255 g/mol. The van der Waals surface area contributed by atoms with Gasteiger partial charge in [0.2, 0.25) is 0 Å². The second kappa shape index (κ2) is 4.42. The van der Waals surface area contributed by atoms with Crippen molar-refractivity contribution >= 4 is 21.7 Å². The summed E-state index contributed by atoms with van der Waals surface area (Å²) in [5, 5.41) is 0. The van der Waals surface area contributed by atoms with Crippen LogP contribution >= 0.6 is 15.9 Å². The third kappa shape index (κ3) is 2.23. The normalized spacial score (nSPS) is 9.64. The molecule has 0 fully saturated rings. The Morgan fingerprint density at radius 1 is 1.50 bits per heavy atom. The molecule has 1 aromatic carbocycles. The molecule has 0 atom stereocenters. The van der Waals surface area contributed by atoms with E-state index in [0.29, 0.717) is 16.9 Å². The molecule has 3 heteroatoms. The average Bonchev–Trinajstić information content (AvgIpc) is 2.16. The molecule has 0 aliphatic carbocycles. The van der Waals surface area contributed by atoms with Gasteiger partial charge in [0.1, 0.15) is 5.75 Å². The Balaban J connectivity index is 3.09. The van der Waals surface area contributed by atoms with Crippen molar-refractivity contribution in [3.8, 4) is 5.75 Å². The zero-order chi connectivity index (χ0) is 10.7. The smallest absolute Gasteiger partial charge is 0.188 e. The fraction of sp³-hybridized carbons (Fsp3) is 0.182. The van der Waals surface area contributed by atoms with Crippen molar-refractivity contribution in [2.24, 2.45) is 0 Å². The maximum absolute atomic E-state index is 11.5. The maximum atomic E-state index is 11.5. The third-order valence-electron chi connectivity index (χ3n) is 1.80. The minimum atomic E-state index is -0.0478. The number of Topliss-reactive ketones (excluding diaryl/α,β-unsaturated/α-hetero) is 1. The third-order valence-corrected chi connectivity index (χ3v) is 2.42. The van der Waals surface area contributed by atoms with Gasteiger partial charge in [-0.25, -0.2) is 0 Å². The number of halogens is 1. The largest absolute Gasteiger partial charge is 0.496 e. The number of allylic oxidation sites excluding steroid dienone is 1. The first-order chi connectivity index (χ1) is 6.56. The highest BCUT2D eigenvalue weighted by molar-refractivity contribution is 9.10. The number of rotatable bonds is 3. The number of carbonyl (C=O) groups is 1. The molecule has 14 heavy (non-hydrogen) atoms. The summed E-state index contributed by atoms with van der Waals surface area (Å²) in [5.74, 6) is 0.664. The van der Waals surface area contributed by atoms with E-state index < -0.39 is 0 Å². The van der Waals surface area contributed by atoms with Gasteiger partial charge in [-0.2, -0.15) is 0 Å². The topological polar surface area (TPSA) is 26.3 Å². The van der Waals surface area contributed by atoms with Crippen molar-refractivity contribution in [1.29, 1.82) is 0 Å². The van der Waals surface area contributed by atoms with Crippen LogP contribution in [0.15, 0.2) is 34.8 Å².